The largest absolute Gasteiger partial charge is 0.383 e. The Morgan fingerprint density at radius 1 is 1.36 bits per heavy atom. The lowest BCUT2D eigenvalue weighted by molar-refractivity contribution is 0.242. The summed E-state index contributed by atoms with van der Waals surface area (Å²) in [6, 6.07) is 3.83. The maximum Gasteiger partial charge on any atom is 0.246 e. The molecule has 1 aliphatic heterocycles. The van der Waals surface area contributed by atoms with Gasteiger partial charge in [0.25, 0.3) is 0 Å². The Morgan fingerprint density at radius 3 is 2.91 bits per heavy atom. The summed E-state index contributed by atoms with van der Waals surface area (Å²) in [5, 5.41) is -0.101. The Bertz CT molecular complexity index is 807. The van der Waals surface area contributed by atoms with E-state index < -0.39 is 9.84 Å². The average molecular weight is 319 g/mol. The SMILES string of the molecule is CS(=O)(=O)c1ncc2c(n1)CCN(Cc1cccnc1N)C2. The molecule has 0 aliphatic carbocycles. The molecule has 0 amide bonds. The summed E-state index contributed by atoms with van der Waals surface area (Å²) >= 11 is 0. The summed E-state index contributed by atoms with van der Waals surface area (Å²) in [6.07, 6.45) is 5.10. The molecule has 2 N–H and O–H groups in total. The van der Waals surface area contributed by atoms with Crippen molar-refractivity contribution < 1.29 is 8.42 Å². The van der Waals surface area contributed by atoms with Crippen molar-refractivity contribution in [1.29, 1.82) is 0 Å². The Hall–Kier alpha value is -2.06. The number of pyridine rings is 1. The van der Waals surface area contributed by atoms with Crippen molar-refractivity contribution in [3.8, 4) is 0 Å². The highest BCUT2D eigenvalue weighted by molar-refractivity contribution is 7.90. The van der Waals surface area contributed by atoms with Gasteiger partial charge in [-0.3, -0.25) is 4.90 Å². The minimum Gasteiger partial charge on any atom is -0.383 e. The lowest BCUT2D eigenvalue weighted by Gasteiger charge is -2.28. The average Bonchev–Trinajstić information content (AvgIpc) is 2.48. The summed E-state index contributed by atoms with van der Waals surface area (Å²) in [4.78, 5) is 14.4. The van der Waals surface area contributed by atoms with E-state index in [2.05, 4.69) is 19.9 Å². The molecule has 0 atom stereocenters. The summed E-state index contributed by atoms with van der Waals surface area (Å²) in [5.41, 5.74) is 8.63. The summed E-state index contributed by atoms with van der Waals surface area (Å²) in [6.45, 7) is 2.17. The summed E-state index contributed by atoms with van der Waals surface area (Å²) in [7, 11) is -3.36. The van der Waals surface area contributed by atoms with E-state index >= 15 is 0 Å². The molecular formula is C14H17N5O2S. The molecule has 3 rings (SSSR count). The maximum absolute atomic E-state index is 11.5. The van der Waals surface area contributed by atoms with Crippen molar-refractivity contribution in [3.05, 3.63) is 41.3 Å². The third kappa shape index (κ3) is 3.07. The highest BCUT2D eigenvalue weighted by Crippen LogP contribution is 2.20. The van der Waals surface area contributed by atoms with Crippen LogP contribution in [0.15, 0.2) is 29.7 Å². The Morgan fingerprint density at radius 2 is 2.18 bits per heavy atom. The Kier molecular flexibility index (Phi) is 3.79. The molecule has 0 bridgehead atoms. The van der Waals surface area contributed by atoms with Gasteiger partial charge in [-0.25, -0.2) is 23.4 Å². The van der Waals surface area contributed by atoms with Crippen LogP contribution in [0.2, 0.25) is 0 Å². The number of rotatable bonds is 3. The van der Waals surface area contributed by atoms with E-state index in [-0.39, 0.29) is 5.16 Å². The zero-order valence-electron chi connectivity index (χ0n) is 12.2. The first-order chi connectivity index (χ1) is 10.4. The van der Waals surface area contributed by atoms with Gasteiger partial charge in [0.2, 0.25) is 15.0 Å². The lowest BCUT2D eigenvalue weighted by Crippen LogP contribution is -2.31. The first-order valence-corrected chi connectivity index (χ1v) is 8.79. The molecule has 0 saturated carbocycles. The molecule has 0 aromatic carbocycles. The number of hydrogen-bond acceptors (Lipinski definition) is 7. The van der Waals surface area contributed by atoms with Crippen LogP contribution in [0.1, 0.15) is 16.8 Å². The van der Waals surface area contributed by atoms with E-state index in [0.29, 0.717) is 25.3 Å². The number of nitrogen functional groups attached to an aromatic ring is 1. The number of aromatic nitrogens is 3. The molecule has 0 unspecified atom stereocenters. The van der Waals surface area contributed by atoms with Gasteiger partial charge >= 0.3 is 0 Å². The third-order valence-corrected chi connectivity index (χ3v) is 4.50. The molecule has 0 saturated heterocycles. The first kappa shape index (κ1) is 14.9. The van der Waals surface area contributed by atoms with Crippen LogP contribution < -0.4 is 5.73 Å². The predicted molar refractivity (Wildman–Crippen MR) is 81.6 cm³/mol. The second-order valence-electron chi connectivity index (χ2n) is 5.41. The number of nitrogens with two attached hydrogens (primary N) is 1. The number of hydrogen-bond donors (Lipinski definition) is 1. The molecular weight excluding hydrogens is 302 g/mol. The molecule has 0 radical (unpaired) electrons. The molecule has 0 spiro atoms. The van der Waals surface area contributed by atoms with Crippen molar-refractivity contribution in [2.45, 2.75) is 24.7 Å². The standard InChI is InChI=1S/C14H17N5O2S/c1-22(20,21)14-17-7-11-9-19(6-4-12(11)18-14)8-10-3-2-5-16-13(10)15/h2-3,5,7H,4,6,8-9H2,1H3,(H2,15,16). The van der Waals surface area contributed by atoms with Crippen molar-refractivity contribution in [2.75, 3.05) is 18.5 Å². The Balaban J connectivity index is 1.79. The van der Waals surface area contributed by atoms with Gasteiger partial charge in [-0.15, -0.1) is 0 Å². The fourth-order valence-corrected chi connectivity index (χ4v) is 3.02. The predicted octanol–water partition coefficient (Wildman–Crippen LogP) is 0.416. The van der Waals surface area contributed by atoms with Crippen molar-refractivity contribution >= 4 is 15.7 Å². The number of sulfone groups is 1. The van der Waals surface area contributed by atoms with Gasteiger partial charge in [-0.05, 0) is 6.07 Å². The zero-order valence-corrected chi connectivity index (χ0v) is 13.0. The quantitative estimate of drug-likeness (QED) is 0.818. The van der Waals surface area contributed by atoms with Crippen LogP contribution in [0.5, 0.6) is 0 Å². The van der Waals surface area contributed by atoms with Crippen LogP contribution >= 0.6 is 0 Å². The number of fused-ring (bicyclic) bond motifs is 1. The minimum atomic E-state index is -3.36. The van der Waals surface area contributed by atoms with E-state index in [1.165, 1.54) is 0 Å². The van der Waals surface area contributed by atoms with Crippen LogP contribution in [0.4, 0.5) is 5.82 Å². The third-order valence-electron chi connectivity index (χ3n) is 3.64. The van der Waals surface area contributed by atoms with Crippen molar-refractivity contribution in [1.82, 2.24) is 19.9 Å². The van der Waals surface area contributed by atoms with Crippen LogP contribution in [0.3, 0.4) is 0 Å². The van der Waals surface area contributed by atoms with Gasteiger partial charge in [0.15, 0.2) is 0 Å². The Labute approximate surface area is 129 Å². The van der Waals surface area contributed by atoms with E-state index in [1.54, 1.807) is 12.4 Å². The summed E-state index contributed by atoms with van der Waals surface area (Å²) < 4.78 is 23.0. The topological polar surface area (TPSA) is 102 Å². The molecule has 2 aromatic heterocycles. The van der Waals surface area contributed by atoms with Gasteiger partial charge < -0.3 is 5.73 Å². The second kappa shape index (κ2) is 5.62. The monoisotopic (exact) mass is 319 g/mol. The van der Waals surface area contributed by atoms with E-state index in [4.69, 9.17) is 5.73 Å². The highest BCUT2D eigenvalue weighted by atomic mass is 32.2. The molecule has 3 heterocycles. The van der Waals surface area contributed by atoms with E-state index in [0.717, 1.165) is 29.6 Å². The molecule has 22 heavy (non-hydrogen) atoms. The summed E-state index contributed by atoms with van der Waals surface area (Å²) in [5.74, 6) is 0.539. The maximum atomic E-state index is 11.5. The van der Waals surface area contributed by atoms with Gasteiger partial charge in [0.1, 0.15) is 5.82 Å². The molecule has 2 aromatic rings. The molecule has 7 nitrogen and oxygen atoms in total. The number of nitrogens with zero attached hydrogens (tertiary/aromatic N) is 4. The normalized spacial score (nSPS) is 15.5. The van der Waals surface area contributed by atoms with Crippen molar-refractivity contribution in [2.24, 2.45) is 0 Å². The van der Waals surface area contributed by atoms with E-state index in [1.807, 2.05) is 12.1 Å². The van der Waals surface area contributed by atoms with Gasteiger partial charge in [0.05, 0.1) is 5.69 Å². The lowest BCUT2D eigenvalue weighted by atomic mass is 10.1. The fourth-order valence-electron chi connectivity index (χ4n) is 2.50. The van der Waals surface area contributed by atoms with Crippen LogP contribution in [0.25, 0.3) is 0 Å². The first-order valence-electron chi connectivity index (χ1n) is 6.90. The zero-order chi connectivity index (χ0) is 15.7. The van der Waals surface area contributed by atoms with Crippen LogP contribution in [0, 0.1) is 0 Å². The fraction of sp³-hybridized carbons (Fsp3) is 0.357. The van der Waals surface area contributed by atoms with Gasteiger partial charge in [-0.2, -0.15) is 0 Å². The second-order valence-corrected chi connectivity index (χ2v) is 7.31. The smallest absolute Gasteiger partial charge is 0.246 e. The van der Waals surface area contributed by atoms with Crippen LogP contribution in [-0.2, 0) is 29.3 Å². The molecule has 116 valence electrons. The molecule has 1 aliphatic rings. The highest BCUT2D eigenvalue weighted by Gasteiger charge is 2.21. The molecule has 0 fully saturated rings. The van der Waals surface area contributed by atoms with Crippen molar-refractivity contribution in [3.63, 3.8) is 0 Å². The van der Waals surface area contributed by atoms with Crippen LogP contribution in [-0.4, -0.2) is 41.1 Å². The minimum absolute atomic E-state index is 0.101. The molecule has 8 heteroatoms. The van der Waals surface area contributed by atoms with E-state index in [9.17, 15) is 8.42 Å². The van der Waals surface area contributed by atoms with Gasteiger partial charge in [-0.1, -0.05) is 6.07 Å². The van der Waals surface area contributed by atoms with Gasteiger partial charge in [0, 0.05) is 55.8 Å². The number of anilines is 1.